The molecule has 0 saturated carbocycles. The molecular weight excluding hydrogens is 366 g/mol. The fourth-order valence-electron chi connectivity index (χ4n) is 2.71. The van der Waals surface area contributed by atoms with E-state index in [-0.39, 0.29) is 12.1 Å². The predicted molar refractivity (Wildman–Crippen MR) is 94.4 cm³/mol. The summed E-state index contributed by atoms with van der Waals surface area (Å²) >= 11 is 10.9. The standard InChI is InChI=1S/C15H16BrN3S2/c1-9(2)19-14(12-7-10(16)8-21-12)13(18-15(19)20)11-5-3-4-6-17-11/h3-9,13-14H,1-2H3,(H,18,20)/t13-,14+/m0/s1. The van der Waals surface area contributed by atoms with E-state index in [4.69, 9.17) is 12.2 Å². The summed E-state index contributed by atoms with van der Waals surface area (Å²) < 4.78 is 1.11. The first-order valence-corrected chi connectivity index (χ1v) is 8.89. The maximum atomic E-state index is 5.56. The van der Waals surface area contributed by atoms with Gasteiger partial charge in [0.05, 0.1) is 17.8 Å². The van der Waals surface area contributed by atoms with Gasteiger partial charge >= 0.3 is 0 Å². The van der Waals surface area contributed by atoms with Gasteiger partial charge in [-0.1, -0.05) is 6.07 Å². The fraction of sp³-hybridized carbons (Fsp3) is 0.333. The summed E-state index contributed by atoms with van der Waals surface area (Å²) in [5.74, 6) is 0. The van der Waals surface area contributed by atoms with Crippen LogP contribution < -0.4 is 5.32 Å². The highest BCUT2D eigenvalue weighted by atomic mass is 79.9. The third kappa shape index (κ3) is 2.84. The van der Waals surface area contributed by atoms with Crippen molar-refractivity contribution in [3.05, 3.63) is 50.9 Å². The molecular formula is C15H16BrN3S2. The summed E-state index contributed by atoms with van der Waals surface area (Å²) in [7, 11) is 0. The number of aromatic nitrogens is 1. The average Bonchev–Trinajstić information content (AvgIpc) is 3.03. The highest BCUT2D eigenvalue weighted by Gasteiger charge is 2.41. The van der Waals surface area contributed by atoms with Gasteiger partial charge in [0.25, 0.3) is 0 Å². The first kappa shape index (κ1) is 14.9. The van der Waals surface area contributed by atoms with Gasteiger partial charge < -0.3 is 10.2 Å². The van der Waals surface area contributed by atoms with Gasteiger partial charge in [0, 0.05) is 27.0 Å². The summed E-state index contributed by atoms with van der Waals surface area (Å²) in [4.78, 5) is 8.08. The molecule has 2 atom stereocenters. The second-order valence-electron chi connectivity index (χ2n) is 5.29. The highest BCUT2D eigenvalue weighted by Crippen LogP contribution is 2.42. The van der Waals surface area contributed by atoms with Gasteiger partial charge in [0.1, 0.15) is 0 Å². The summed E-state index contributed by atoms with van der Waals surface area (Å²) in [5, 5.41) is 6.36. The summed E-state index contributed by atoms with van der Waals surface area (Å²) in [6.07, 6.45) is 1.83. The lowest BCUT2D eigenvalue weighted by molar-refractivity contribution is 0.273. The smallest absolute Gasteiger partial charge is 0.170 e. The van der Waals surface area contributed by atoms with Gasteiger partial charge in [-0.3, -0.25) is 4.98 Å². The van der Waals surface area contributed by atoms with Crippen molar-refractivity contribution in [3.8, 4) is 0 Å². The molecule has 21 heavy (non-hydrogen) atoms. The van der Waals surface area contributed by atoms with Crippen molar-refractivity contribution in [1.82, 2.24) is 15.2 Å². The topological polar surface area (TPSA) is 28.2 Å². The van der Waals surface area contributed by atoms with E-state index in [0.29, 0.717) is 6.04 Å². The van der Waals surface area contributed by atoms with Crippen molar-refractivity contribution >= 4 is 44.6 Å². The Labute approximate surface area is 142 Å². The number of nitrogens with zero attached hydrogens (tertiary/aromatic N) is 2. The Hall–Kier alpha value is -0.980. The van der Waals surface area contributed by atoms with Crippen molar-refractivity contribution in [2.75, 3.05) is 0 Å². The monoisotopic (exact) mass is 381 g/mol. The van der Waals surface area contributed by atoms with Gasteiger partial charge in [-0.2, -0.15) is 0 Å². The minimum atomic E-state index is 0.0895. The largest absolute Gasteiger partial charge is 0.352 e. The third-order valence-electron chi connectivity index (χ3n) is 3.57. The first-order valence-electron chi connectivity index (χ1n) is 6.81. The average molecular weight is 382 g/mol. The van der Waals surface area contributed by atoms with Crippen LogP contribution in [-0.4, -0.2) is 21.0 Å². The van der Waals surface area contributed by atoms with Crippen molar-refractivity contribution in [2.24, 2.45) is 0 Å². The normalized spacial score (nSPS) is 21.9. The Balaban J connectivity index is 2.05. The van der Waals surface area contributed by atoms with Crippen molar-refractivity contribution in [1.29, 1.82) is 0 Å². The number of hydrogen-bond acceptors (Lipinski definition) is 3. The SMILES string of the molecule is CC(C)N1C(=S)N[C@@H](c2ccccn2)[C@H]1c1cc(Br)cs1. The van der Waals surface area contributed by atoms with Crippen LogP contribution in [-0.2, 0) is 0 Å². The molecule has 0 radical (unpaired) electrons. The Morgan fingerprint density at radius 3 is 2.81 bits per heavy atom. The van der Waals surface area contributed by atoms with Gasteiger partial charge in [0.15, 0.2) is 5.11 Å². The van der Waals surface area contributed by atoms with E-state index < -0.39 is 0 Å². The van der Waals surface area contributed by atoms with Crippen molar-refractivity contribution < 1.29 is 0 Å². The van der Waals surface area contributed by atoms with E-state index >= 15 is 0 Å². The Morgan fingerprint density at radius 2 is 2.24 bits per heavy atom. The molecule has 1 fully saturated rings. The quantitative estimate of drug-likeness (QED) is 0.802. The molecule has 2 aromatic heterocycles. The number of hydrogen-bond donors (Lipinski definition) is 1. The molecule has 110 valence electrons. The van der Waals surface area contributed by atoms with Crippen molar-refractivity contribution in [3.63, 3.8) is 0 Å². The minimum absolute atomic E-state index is 0.0895. The Morgan fingerprint density at radius 1 is 1.43 bits per heavy atom. The second-order valence-corrected chi connectivity index (χ2v) is 7.54. The molecule has 1 N–H and O–H groups in total. The zero-order chi connectivity index (χ0) is 15.0. The molecule has 3 rings (SSSR count). The summed E-state index contributed by atoms with van der Waals surface area (Å²) in [6.45, 7) is 4.34. The van der Waals surface area contributed by atoms with Crippen LogP contribution >= 0.6 is 39.5 Å². The summed E-state index contributed by atoms with van der Waals surface area (Å²) in [6, 6.07) is 8.80. The van der Waals surface area contributed by atoms with Gasteiger partial charge in [-0.05, 0) is 60.2 Å². The number of thiocarbonyl (C=S) groups is 1. The highest BCUT2D eigenvalue weighted by molar-refractivity contribution is 9.10. The van der Waals surface area contributed by atoms with Crippen LogP contribution in [0.5, 0.6) is 0 Å². The predicted octanol–water partition coefficient (Wildman–Crippen LogP) is 4.29. The molecule has 1 aliphatic rings. The Kier molecular flexibility index (Phi) is 4.28. The molecule has 6 heteroatoms. The van der Waals surface area contributed by atoms with E-state index in [0.717, 1.165) is 15.3 Å². The second kappa shape index (κ2) is 6.02. The summed E-state index contributed by atoms with van der Waals surface area (Å²) in [5.41, 5.74) is 1.03. The molecule has 0 bridgehead atoms. The molecule has 0 amide bonds. The zero-order valence-corrected chi connectivity index (χ0v) is 15.0. The van der Waals surface area contributed by atoms with Crippen LogP contribution in [0.1, 0.15) is 36.5 Å². The fourth-order valence-corrected chi connectivity index (χ4v) is 4.74. The lowest BCUT2D eigenvalue weighted by atomic mass is 10.0. The maximum Gasteiger partial charge on any atom is 0.170 e. The van der Waals surface area contributed by atoms with Crippen LogP contribution in [0.3, 0.4) is 0 Å². The minimum Gasteiger partial charge on any atom is -0.352 e. The zero-order valence-electron chi connectivity index (χ0n) is 11.8. The molecule has 1 saturated heterocycles. The lowest BCUT2D eigenvalue weighted by Gasteiger charge is -2.30. The molecule has 0 unspecified atom stereocenters. The molecule has 2 aromatic rings. The van der Waals surface area contributed by atoms with E-state index in [9.17, 15) is 0 Å². The number of thiophene rings is 1. The van der Waals surface area contributed by atoms with Crippen molar-refractivity contribution in [2.45, 2.75) is 32.0 Å². The van der Waals surface area contributed by atoms with Gasteiger partial charge in [0.2, 0.25) is 0 Å². The lowest BCUT2D eigenvalue weighted by Crippen LogP contribution is -2.35. The van der Waals surface area contributed by atoms with Crippen LogP contribution in [0.25, 0.3) is 0 Å². The van der Waals surface area contributed by atoms with Gasteiger partial charge in [-0.25, -0.2) is 0 Å². The van der Waals surface area contributed by atoms with E-state index in [1.807, 2.05) is 18.3 Å². The number of nitrogens with one attached hydrogen (secondary N) is 1. The molecule has 0 aliphatic carbocycles. The Bertz CT molecular complexity index is 641. The molecule has 0 aromatic carbocycles. The van der Waals surface area contributed by atoms with Crippen LogP contribution in [0, 0.1) is 0 Å². The van der Waals surface area contributed by atoms with E-state index in [1.165, 1.54) is 4.88 Å². The van der Waals surface area contributed by atoms with Crippen LogP contribution in [0.15, 0.2) is 40.3 Å². The number of rotatable bonds is 3. The number of pyridine rings is 1. The number of halogens is 1. The molecule has 3 heterocycles. The molecule has 1 aliphatic heterocycles. The molecule has 0 spiro atoms. The van der Waals surface area contributed by atoms with Gasteiger partial charge in [-0.15, -0.1) is 11.3 Å². The third-order valence-corrected chi connectivity index (χ3v) is 5.66. The first-order chi connectivity index (χ1) is 10.1. The van der Waals surface area contributed by atoms with Crippen LogP contribution in [0.2, 0.25) is 0 Å². The van der Waals surface area contributed by atoms with Crippen LogP contribution in [0.4, 0.5) is 0 Å². The maximum absolute atomic E-state index is 5.56. The molecule has 3 nitrogen and oxygen atoms in total. The van der Waals surface area contributed by atoms with E-state index in [1.54, 1.807) is 11.3 Å². The van der Waals surface area contributed by atoms with E-state index in [2.05, 4.69) is 62.5 Å².